The Hall–Kier alpha value is -0.610. The third-order valence-corrected chi connectivity index (χ3v) is 4.20. The number of rotatable bonds is 5. The first-order valence-corrected chi connectivity index (χ1v) is 7.26. The Balaban J connectivity index is 1.78. The van der Waals surface area contributed by atoms with E-state index >= 15 is 0 Å². The molecule has 1 fully saturated rings. The monoisotopic (exact) mass is 282 g/mol. The number of halogens is 1. The SMILES string of the molecule is CN(C)C1CCN(CCC(O)c2ccc(Cl)cc2)C1. The van der Waals surface area contributed by atoms with Crippen LogP contribution >= 0.6 is 11.6 Å². The Kier molecular flexibility index (Phi) is 5.22. The zero-order valence-corrected chi connectivity index (χ0v) is 12.5. The summed E-state index contributed by atoms with van der Waals surface area (Å²) < 4.78 is 0. The number of aliphatic hydroxyl groups excluding tert-OH is 1. The summed E-state index contributed by atoms with van der Waals surface area (Å²) in [5.74, 6) is 0. The van der Waals surface area contributed by atoms with Gasteiger partial charge in [0.2, 0.25) is 0 Å². The standard InChI is InChI=1S/C15H23ClN2O/c1-17(2)14-7-9-18(11-14)10-8-15(19)12-3-5-13(16)6-4-12/h3-6,14-15,19H,7-11H2,1-2H3. The second-order valence-electron chi connectivity index (χ2n) is 5.56. The number of likely N-dealkylation sites (tertiary alicyclic amines) is 1. The van der Waals surface area contributed by atoms with Crippen LogP contribution in [0.1, 0.15) is 24.5 Å². The Morgan fingerprint density at radius 2 is 2.05 bits per heavy atom. The molecule has 1 N–H and O–H groups in total. The topological polar surface area (TPSA) is 26.7 Å². The van der Waals surface area contributed by atoms with E-state index in [1.807, 2.05) is 24.3 Å². The minimum Gasteiger partial charge on any atom is -0.388 e. The Morgan fingerprint density at radius 3 is 2.63 bits per heavy atom. The van der Waals surface area contributed by atoms with Crippen molar-refractivity contribution in [3.8, 4) is 0 Å². The average molecular weight is 283 g/mol. The molecule has 0 radical (unpaired) electrons. The van der Waals surface area contributed by atoms with Gasteiger partial charge < -0.3 is 14.9 Å². The summed E-state index contributed by atoms with van der Waals surface area (Å²) in [5.41, 5.74) is 0.952. The van der Waals surface area contributed by atoms with Crippen LogP contribution in [-0.4, -0.2) is 54.7 Å². The molecular formula is C15H23ClN2O. The Morgan fingerprint density at radius 1 is 1.37 bits per heavy atom. The molecule has 0 aromatic heterocycles. The molecule has 106 valence electrons. The zero-order valence-electron chi connectivity index (χ0n) is 11.7. The van der Waals surface area contributed by atoms with Crippen LogP contribution in [0.5, 0.6) is 0 Å². The van der Waals surface area contributed by atoms with Crippen molar-refractivity contribution >= 4 is 11.6 Å². The van der Waals surface area contributed by atoms with Crippen molar-refractivity contribution in [1.29, 1.82) is 0 Å². The third kappa shape index (κ3) is 4.18. The van der Waals surface area contributed by atoms with Crippen LogP contribution in [0.4, 0.5) is 0 Å². The van der Waals surface area contributed by atoms with Crippen molar-refractivity contribution in [3.05, 3.63) is 34.9 Å². The molecule has 2 unspecified atom stereocenters. The van der Waals surface area contributed by atoms with Gasteiger partial charge in [-0.25, -0.2) is 0 Å². The molecule has 1 aliphatic heterocycles. The lowest BCUT2D eigenvalue weighted by molar-refractivity contribution is 0.146. The molecule has 3 nitrogen and oxygen atoms in total. The maximum Gasteiger partial charge on any atom is 0.0802 e. The summed E-state index contributed by atoms with van der Waals surface area (Å²) in [6.45, 7) is 3.20. The number of hydrogen-bond donors (Lipinski definition) is 1. The summed E-state index contributed by atoms with van der Waals surface area (Å²) >= 11 is 5.85. The van der Waals surface area contributed by atoms with Gasteiger partial charge in [0, 0.05) is 24.2 Å². The molecule has 1 aromatic carbocycles. The van der Waals surface area contributed by atoms with Crippen molar-refractivity contribution in [2.24, 2.45) is 0 Å². The second kappa shape index (κ2) is 6.71. The van der Waals surface area contributed by atoms with Gasteiger partial charge in [-0.15, -0.1) is 0 Å². The first-order valence-electron chi connectivity index (χ1n) is 6.88. The molecule has 2 rings (SSSR count). The number of nitrogens with zero attached hydrogens (tertiary/aromatic N) is 2. The summed E-state index contributed by atoms with van der Waals surface area (Å²) in [6.07, 6.45) is 1.61. The summed E-state index contributed by atoms with van der Waals surface area (Å²) in [5, 5.41) is 10.9. The van der Waals surface area contributed by atoms with Gasteiger partial charge >= 0.3 is 0 Å². The summed E-state index contributed by atoms with van der Waals surface area (Å²) in [7, 11) is 4.27. The number of hydrogen-bond acceptors (Lipinski definition) is 3. The van der Waals surface area contributed by atoms with Crippen molar-refractivity contribution in [3.63, 3.8) is 0 Å². The number of benzene rings is 1. The Labute approximate surface area is 120 Å². The third-order valence-electron chi connectivity index (χ3n) is 3.95. The average Bonchev–Trinajstić information content (AvgIpc) is 2.86. The summed E-state index contributed by atoms with van der Waals surface area (Å²) in [6, 6.07) is 8.13. The molecule has 0 amide bonds. The zero-order chi connectivity index (χ0) is 13.8. The van der Waals surface area contributed by atoms with Gasteiger partial charge in [-0.3, -0.25) is 0 Å². The molecular weight excluding hydrogens is 260 g/mol. The highest BCUT2D eigenvalue weighted by molar-refractivity contribution is 6.30. The minimum absolute atomic E-state index is 0.393. The lowest BCUT2D eigenvalue weighted by atomic mass is 10.1. The maximum absolute atomic E-state index is 10.2. The highest BCUT2D eigenvalue weighted by Crippen LogP contribution is 2.21. The van der Waals surface area contributed by atoms with Gasteiger partial charge in [-0.2, -0.15) is 0 Å². The van der Waals surface area contributed by atoms with E-state index in [4.69, 9.17) is 11.6 Å². The van der Waals surface area contributed by atoms with Gasteiger partial charge in [-0.1, -0.05) is 23.7 Å². The van der Waals surface area contributed by atoms with E-state index in [1.54, 1.807) is 0 Å². The van der Waals surface area contributed by atoms with E-state index in [9.17, 15) is 5.11 Å². The molecule has 19 heavy (non-hydrogen) atoms. The molecule has 2 atom stereocenters. The van der Waals surface area contributed by atoms with Gasteiger partial charge in [0.1, 0.15) is 0 Å². The highest BCUT2D eigenvalue weighted by Gasteiger charge is 2.24. The van der Waals surface area contributed by atoms with Crippen LogP contribution in [0.15, 0.2) is 24.3 Å². The van der Waals surface area contributed by atoms with E-state index in [2.05, 4.69) is 23.9 Å². The van der Waals surface area contributed by atoms with Crippen molar-refractivity contribution in [1.82, 2.24) is 9.80 Å². The van der Waals surface area contributed by atoms with Gasteiger partial charge in [-0.05, 0) is 51.2 Å². The molecule has 1 aromatic rings. The van der Waals surface area contributed by atoms with Gasteiger partial charge in [0.25, 0.3) is 0 Å². The smallest absolute Gasteiger partial charge is 0.0802 e. The predicted octanol–water partition coefficient (Wildman–Crippen LogP) is 2.40. The van der Waals surface area contributed by atoms with Crippen LogP contribution < -0.4 is 0 Å². The minimum atomic E-state index is -0.393. The fraction of sp³-hybridized carbons (Fsp3) is 0.600. The molecule has 0 saturated carbocycles. The van der Waals surface area contributed by atoms with Crippen molar-refractivity contribution in [2.45, 2.75) is 25.0 Å². The molecule has 1 aliphatic rings. The number of aliphatic hydroxyl groups is 1. The van der Waals surface area contributed by atoms with Crippen LogP contribution in [0, 0.1) is 0 Å². The van der Waals surface area contributed by atoms with Crippen LogP contribution in [0.3, 0.4) is 0 Å². The van der Waals surface area contributed by atoms with E-state index in [1.165, 1.54) is 6.42 Å². The lowest BCUT2D eigenvalue weighted by Gasteiger charge is -2.21. The normalized spacial score (nSPS) is 22.1. The van der Waals surface area contributed by atoms with Gasteiger partial charge in [0.05, 0.1) is 6.10 Å². The largest absolute Gasteiger partial charge is 0.388 e. The predicted molar refractivity (Wildman–Crippen MR) is 79.6 cm³/mol. The Bertz CT molecular complexity index is 394. The van der Waals surface area contributed by atoms with E-state index in [0.717, 1.165) is 31.6 Å². The van der Waals surface area contributed by atoms with E-state index in [0.29, 0.717) is 11.1 Å². The number of likely N-dealkylation sites (N-methyl/N-ethyl adjacent to an activating group) is 1. The highest BCUT2D eigenvalue weighted by atomic mass is 35.5. The van der Waals surface area contributed by atoms with Gasteiger partial charge in [0.15, 0.2) is 0 Å². The lowest BCUT2D eigenvalue weighted by Crippen LogP contribution is -2.32. The fourth-order valence-electron chi connectivity index (χ4n) is 2.59. The molecule has 1 saturated heterocycles. The van der Waals surface area contributed by atoms with Crippen molar-refractivity contribution < 1.29 is 5.11 Å². The maximum atomic E-state index is 10.2. The van der Waals surface area contributed by atoms with Crippen LogP contribution in [-0.2, 0) is 0 Å². The molecule has 1 heterocycles. The second-order valence-corrected chi connectivity index (χ2v) is 6.00. The fourth-order valence-corrected chi connectivity index (χ4v) is 2.72. The van der Waals surface area contributed by atoms with Crippen LogP contribution in [0.25, 0.3) is 0 Å². The molecule has 0 aliphatic carbocycles. The van der Waals surface area contributed by atoms with Crippen molar-refractivity contribution in [2.75, 3.05) is 33.7 Å². The molecule has 0 bridgehead atoms. The van der Waals surface area contributed by atoms with E-state index < -0.39 is 6.10 Å². The molecule has 4 heteroatoms. The van der Waals surface area contributed by atoms with E-state index in [-0.39, 0.29) is 0 Å². The molecule has 0 spiro atoms. The first-order chi connectivity index (χ1) is 9.06. The quantitative estimate of drug-likeness (QED) is 0.898. The van der Waals surface area contributed by atoms with Crippen LogP contribution in [0.2, 0.25) is 5.02 Å². The first kappa shape index (κ1) is 14.8. The summed E-state index contributed by atoms with van der Waals surface area (Å²) in [4.78, 5) is 4.72.